The van der Waals surface area contributed by atoms with E-state index in [1.165, 1.54) is 0 Å². The maximum absolute atomic E-state index is 9.11. The summed E-state index contributed by atoms with van der Waals surface area (Å²) in [6.45, 7) is 1.78. The largest absolute Gasteiger partial charge is 0.393 e. The minimum absolute atomic E-state index is 0.264. The number of rotatable bonds is 3. The smallest absolute Gasteiger partial charge is 0.0515 e. The van der Waals surface area contributed by atoms with Crippen molar-refractivity contribution in [1.82, 2.24) is 0 Å². The lowest BCUT2D eigenvalue weighted by atomic mass is 10.1. The van der Waals surface area contributed by atoms with E-state index in [9.17, 15) is 0 Å². The van der Waals surface area contributed by atoms with E-state index in [0.717, 1.165) is 27.9 Å². The van der Waals surface area contributed by atoms with Crippen molar-refractivity contribution < 1.29 is 5.11 Å². The van der Waals surface area contributed by atoms with Gasteiger partial charge in [-0.25, -0.2) is 0 Å². The third-order valence-electron chi connectivity index (χ3n) is 1.85. The third-order valence-corrected chi connectivity index (χ3v) is 2.69. The Labute approximate surface area is 91.9 Å². The van der Waals surface area contributed by atoms with Gasteiger partial charge in [0.05, 0.1) is 6.10 Å². The lowest BCUT2D eigenvalue weighted by Crippen LogP contribution is -2.01. The summed E-state index contributed by atoms with van der Waals surface area (Å²) in [5.74, 6) is 0. The van der Waals surface area contributed by atoms with Crippen LogP contribution in [-0.4, -0.2) is 11.2 Å². The Morgan fingerprint density at radius 1 is 1.54 bits per heavy atom. The van der Waals surface area contributed by atoms with E-state index in [-0.39, 0.29) is 6.10 Å². The molecule has 1 rings (SSSR count). The molecule has 0 radical (unpaired) electrons. The van der Waals surface area contributed by atoms with Crippen LogP contribution in [0.1, 0.15) is 18.9 Å². The van der Waals surface area contributed by atoms with Crippen molar-refractivity contribution in [2.45, 2.75) is 25.9 Å². The Balaban J connectivity index is 2.67. The Hall–Kier alpha value is -0.0500. The molecule has 1 nitrogen and oxygen atoms in total. The van der Waals surface area contributed by atoms with E-state index in [4.69, 9.17) is 16.7 Å². The number of aliphatic hydroxyl groups excluding tert-OH is 1. The maximum Gasteiger partial charge on any atom is 0.0515 e. The normalized spacial score (nSPS) is 12.9. The minimum Gasteiger partial charge on any atom is -0.393 e. The first-order valence-corrected chi connectivity index (χ1v) is 5.38. The van der Waals surface area contributed by atoms with Gasteiger partial charge >= 0.3 is 0 Å². The van der Waals surface area contributed by atoms with Crippen molar-refractivity contribution in [2.75, 3.05) is 0 Å². The topological polar surface area (TPSA) is 20.2 Å². The zero-order valence-electron chi connectivity index (χ0n) is 7.43. The molecule has 0 unspecified atom stereocenters. The standard InChI is InChI=1S/C10H12BrClO/c1-7(13)2-3-8-4-5-9(11)6-10(8)12/h4-7,13H,2-3H2,1H3/t7-/m0/s1. The van der Waals surface area contributed by atoms with Crippen LogP contribution in [0.2, 0.25) is 5.02 Å². The van der Waals surface area contributed by atoms with Crippen LogP contribution in [0.3, 0.4) is 0 Å². The van der Waals surface area contributed by atoms with Crippen molar-refractivity contribution in [3.05, 3.63) is 33.3 Å². The summed E-state index contributed by atoms with van der Waals surface area (Å²) in [5, 5.41) is 9.87. The highest BCUT2D eigenvalue weighted by Gasteiger charge is 2.02. The van der Waals surface area contributed by atoms with Gasteiger partial charge in [0.25, 0.3) is 0 Å². The van der Waals surface area contributed by atoms with Gasteiger partial charge in [-0.15, -0.1) is 0 Å². The predicted molar refractivity (Wildman–Crippen MR) is 59.2 cm³/mol. The fourth-order valence-electron chi connectivity index (χ4n) is 1.09. The molecule has 0 saturated heterocycles. The van der Waals surface area contributed by atoms with Gasteiger partial charge in [0.15, 0.2) is 0 Å². The first-order valence-electron chi connectivity index (χ1n) is 4.21. The van der Waals surface area contributed by atoms with Crippen molar-refractivity contribution >= 4 is 27.5 Å². The number of halogens is 2. The van der Waals surface area contributed by atoms with E-state index in [2.05, 4.69) is 15.9 Å². The van der Waals surface area contributed by atoms with E-state index < -0.39 is 0 Å². The SMILES string of the molecule is C[C@H](O)CCc1ccc(Br)cc1Cl. The zero-order chi connectivity index (χ0) is 9.84. The number of aliphatic hydroxyl groups is 1. The molecule has 1 aromatic carbocycles. The molecule has 0 amide bonds. The second-order valence-electron chi connectivity index (χ2n) is 3.12. The summed E-state index contributed by atoms with van der Waals surface area (Å²) in [6.07, 6.45) is 1.31. The first-order chi connectivity index (χ1) is 6.09. The van der Waals surface area contributed by atoms with E-state index in [0.29, 0.717) is 0 Å². The average molecular weight is 264 g/mol. The molecule has 72 valence electrons. The van der Waals surface area contributed by atoms with Gasteiger partial charge in [-0.3, -0.25) is 0 Å². The Kier molecular flexibility index (Phi) is 4.23. The molecular formula is C10H12BrClO. The molecule has 13 heavy (non-hydrogen) atoms. The van der Waals surface area contributed by atoms with Crippen LogP contribution in [0.4, 0.5) is 0 Å². The van der Waals surface area contributed by atoms with Gasteiger partial charge in [-0.1, -0.05) is 33.6 Å². The van der Waals surface area contributed by atoms with Gasteiger partial charge < -0.3 is 5.11 Å². The first kappa shape index (κ1) is 11.0. The Morgan fingerprint density at radius 2 is 2.23 bits per heavy atom. The Bertz CT molecular complexity index is 286. The number of aryl methyl sites for hydroxylation is 1. The second kappa shape index (κ2) is 4.99. The van der Waals surface area contributed by atoms with E-state index in [1.807, 2.05) is 18.2 Å². The quantitative estimate of drug-likeness (QED) is 0.886. The number of benzene rings is 1. The van der Waals surface area contributed by atoms with Crippen LogP contribution >= 0.6 is 27.5 Å². The lowest BCUT2D eigenvalue weighted by molar-refractivity contribution is 0.185. The summed E-state index contributed by atoms with van der Waals surface area (Å²) in [7, 11) is 0. The zero-order valence-corrected chi connectivity index (χ0v) is 9.77. The molecule has 0 fully saturated rings. The van der Waals surface area contributed by atoms with Gasteiger partial charge in [-0.05, 0) is 37.5 Å². The summed E-state index contributed by atoms with van der Waals surface area (Å²) >= 11 is 9.34. The summed E-state index contributed by atoms with van der Waals surface area (Å²) in [5.41, 5.74) is 1.09. The van der Waals surface area contributed by atoms with Crippen molar-refractivity contribution in [1.29, 1.82) is 0 Å². The van der Waals surface area contributed by atoms with Gasteiger partial charge in [-0.2, -0.15) is 0 Å². The van der Waals surface area contributed by atoms with Crippen LogP contribution < -0.4 is 0 Å². The van der Waals surface area contributed by atoms with Crippen LogP contribution in [0.25, 0.3) is 0 Å². The highest BCUT2D eigenvalue weighted by molar-refractivity contribution is 9.10. The molecule has 0 aromatic heterocycles. The third kappa shape index (κ3) is 3.67. The second-order valence-corrected chi connectivity index (χ2v) is 4.45. The van der Waals surface area contributed by atoms with Crippen LogP contribution in [0, 0.1) is 0 Å². The molecule has 0 aliphatic rings. The fourth-order valence-corrected chi connectivity index (χ4v) is 1.86. The minimum atomic E-state index is -0.264. The summed E-state index contributed by atoms with van der Waals surface area (Å²) in [6, 6.07) is 5.82. The maximum atomic E-state index is 9.11. The van der Waals surface area contributed by atoms with Crippen LogP contribution in [0.5, 0.6) is 0 Å². The highest BCUT2D eigenvalue weighted by atomic mass is 79.9. The molecule has 0 bridgehead atoms. The lowest BCUT2D eigenvalue weighted by Gasteiger charge is -2.06. The Morgan fingerprint density at radius 3 is 2.77 bits per heavy atom. The van der Waals surface area contributed by atoms with Gasteiger partial charge in [0.2, 0.25) is 0 Å². The molecule has 0 heterocycles. The van der Waals surface area contributed by atoms with E-state index in [1.54, 1.807) is 6.92 Å². The predicted octanol–water partition coefficient (Wildman–Crippen LogP) is 3.42. The number of hydrogen-bond acceptors (Lipinski definition) is 1. The van der Waals surface area contributed by atoms with Crippen molar-refractivity contribution in [3.63, 3.8) is 0 Å². The van der Waals surface area contributed by atoms with E-state index >= 15 is 0 Å². The number of hydrogen-bond donors (Lipinski definition) is 1. The van der Waals surface area contributed by atoms with Gasteiger partial charge in [0, 0.05) is 9.50 Å². The molecule has 0 spiro atoms. The average Bonchev–Trinajstić information content (AvgIpc) is 2.02. The monoisotopic (exact) mass is 262 g/mol. The highest BCUT2D eigenvalue weighted by Crippen LogP contribution is 2.22. The van der Waals surface area contributed by atoms with Crippen LogP contribution in [-0.2, 0) is 6.42 Å². The summed E-state index contributed by atoms with van der Waals surface area (Å²) < 4.78 is 0.985. The van der Waals surface area contributed by atoms with Gasteiger partial charge in [0.1, 0.15) is 0 Å². The van der Waals surface area contributed by atoms with Crippen LogP contribution in [0.15, 0.2) is 22.7 Å². The molecule has 1 aromatic rings. The molecule has 0 aliphatic carbocycles. The summed E-state index contributed by atoms with van der Waals surface area (Å²) in [4.78, 5) is 0. The molecule has 3 heteroatoms. The fraction of sp³-hybridized carbons (Fsp3) is 0.400. The molecule has 1 atom stereocenters. The van der Waals surface area contributed by atoms with Crippen molar-refractivity contribution in [2.24, 2.45) is 0 Å². The van der Waals surface area contributed by atoms with Crippen molar-refractivity contribution in [3.8, 4) is 0 Å². The molecule has 1 N–H and O–H groups in total. The molecule has 0 saturated carbocycles. The molecule has 0 aliphatic heterocycles. The molecular weight excluding hydrogens is 251 g/mol.